The van der Waals surface area contributed by atoms with Crippen molar-refractivity contribution in [1.29, 1.82) is 0 Å². The third kappa shape index (κ3) is 2.57. The minimum Gasteiger partial charge on any atom is -0.393 e. The second-order valence-electron chi connectivity index (χ2n) is 5.17. The van der Waals surface area contributed by atoms with E-state index < -0.39 is 10.5 Å². The molecule has 1 aromatic carbocycles. The van der Waals surface area contributed by atoms with E-state index in [1.54, 1.807) is 0 Å². The molecule has 2 rings (SSSR count). The van der Waals surface area contributed by atoms with Crippen molar-refractivity contribution in [1.82, 2.24) is 5.32 Å². The van der Waals surface area contributed by atoms with E-state index >= 15 is 0 Å². The lowest BCUT2D eigenvalue weighted by Crippen LogP contribution is -2.50. The van der Waals surface area contributed by atoms with Crippen LogP contribution in [0.3, 0.4) is 0 Å². The molecule has 7 nitrogen and oxygen atoms in total. The maximum atomic E-state index is 12.2. The number of anilines is 1. The lowest BCUT2D eigenvalue weighted by Gasteiger charge is -2.28. The molecule has 7 heteroatoms. The molecule has 1 fully saturated rings. The lowest BCUT2D eigenvalue weighted by atomic mass is 9.94. The van der Waals surface area contributed by atoms with E-state index in [0.717, 1.165) is 6.42 Å². The molecule has 0 spiro atoms. The molecule has 1 aliphatic heterocycles. The van der Waals surface area contributed by atoms with E-state index in [4.69, 9.17) is 10.5 Å². The topological polar surface area (TPSA) is 107 Å². The molecule has 0 bridgehead atoms. The highest BCUT2D eigenvalue weighted by Gasteiger charge is 2.38. The second kappa shape index (κ2) is 5.09. The van der Waals surface area contributed by atoms with Crippen molar-refractivity contribution in [2.75, 3.05) is 12.3 Å². The van der Waals surface area contributed by atoms with Gasteiger partial charge in [-0.1, -0.05) is 0 Å². The van der Waals surface area contributed by atoms with Gasteiger partial charge in [0.2, 0.25) is 0 Å². The Morgan fingerprint density at radius 2 is 2.30 bits per heavy atom. The van der Waals surface area contributed by atoms with E-state index in [1.165, 1.54) is 18.2 Å². The number of carbonyl (C=O) groups is 1. The van der Waals surface area contributed by atoms with Crippen molar-refractivity contribution in [2.45, 2.75) is 31.9 Å². The van der Waals surface area contributed by atoms with Gasteiger partial charge in [-0.05, 0) is 32.4 Å². The molecule has 1 aliphatic rings. The van der Waals surface area contributed by atoms with E-state index in [2.05, 4.69) is 5.32 Å². The molecule has 2 unspecified atom stereocenters. The number of hydrogen-bond acceptors (Lipinski definition) is 5. The number of amides is 1. The van der Waals surface area contributed by atoms with Gasteiger partial charge in [0.25, 0.3) is 11.6 Å². The molecule has 0 aliphatic carbocycles. The summed E-state index contributed by atoms with van der Waals surface area (Å²) in [4.78, 5) is 22.3. The maximum absolute atomic E-state index is 12.2. The molecule has 1 aromatic rings. The van der Waals surface area contributed by atoms with Crippen LogP contribution in [0, 0.1) is 10.1 Å². The van der Waals surface area contributed by atoms with Crippen LogP contribution in [-0.4, -0.2) is 29.1 Å². The van der Waals surface area contributed by atoms with E-state index in [1.807, 2.05) is 13.8 Å². The summed E-state index contributed by atoms with van der Waals surface area (Å²) in [5, 5.41) is 13.6. The lowest BCUT2D eigenvalue weighted by molar-refractivity contribution is -0.383. The van der Waals surface area contributed by atoms with Gasteiger partial charge in [-0.2, -0.15) is 0 Å². The first-order valence-electron chi connectivity index (χ1n) is 6.31. The SMILES string of the molecule is CC1OCCC1(C)NC(=O)c1ccc([N+](=O)[O-])c(N)c1. The Balaban J connectivity index is 2.18. The zero-order valence-electron chi connectivity index (χ0n) is 11.4. The minimum atomic E-state index is -0.578. The van der Waals surface area contributed by atoms with Crippen LogP contribution in [0.5, 0.6) is 0 Å². The first kappa shape index (κ1) is 14.3. The van der Waals surface area contributed by atoms with Gasteiger partial charge < -0.3 is 15.8 Å². The second-order valence-corrected chi connectivity index (χ2v) is 5.17. The molecule has 1 amide bonds. The predicted octanol–water partition coefficient (Wildman–Crippen LogP) is 1.47. The molecule has 20 heavy (non-hydrogen) atoms. The van der Waals surface area contributed by atoms with Gasteiger partial charge in [0.15, 0.2) is 0 Å². The molecule has 1 heterocycles. The van der Waals surface area contributed by atoms with Crippen molar-refractivity contribution in [3.8, 4) is 0 Å². The molecule has 0 aromatic heterocycles. The van der Waals surface area contributed by atoms with Gasteiger partial charge in [0.05, 0.1) is 16.6 Å². The molecule has 2 atom stereocenters. The van der Waals surface area contributed by atoms with E-state index in [-0.39, 0.29) is 23.4 Å². The van der Waals surface area contributed by atoms with Gasteiger partial charge in [-0.25, -0.2) is 0 Å². The molecular weight excluding hydrogens is 262 g/mol. The summed E-state index contributed by atoms with van der Waals surface area (Å²) in [5.41, 5.74) is 5.22. The molecule has 0 radical (unpaired) electrons. The summed E-state index contributed by atoms with van der Waals surface area (Å²) >= 11 is 0. The molecular formula is C13H17N3O4. The van der Waals surface area contributed by atoms with Gasteiger partial charge in [-0.3, -0.25) is 14.9 Å². The Hall–Kier alpha value is -2.15. The number of nitro groups is 1. The number of nitro benzene ring substituents is 1. The first-order chi connectivity index (χ1) is 9.33. The van der Waals surface area contributed by atoms with Crippen LogP contribution in [0.25, 0.3) is 0 Å². The van der Waals surface area contributed by atoms with E-state index in [9.17, 15) is 14.9 Å². The van der Waals surface area contributed by atoms with Crippen LogP contribution in [0.2, 0.25) is 0 Å². The average molecular weight is 279 g/mol. The summed E-state index contributed by atoms with van der Waals surface area (Å²) in [6.07, 6.45) is 0.643. The fourth-order valence-electron chi connectivity index (χ4n) is 2.19. The summed E-state index contributed by atoms with van der Waals surface area (Å²) in [5.74, 6) is -0.313. The molecule has 108 valence electrons. The third-order valence-corrected chi connectivity index (χ3v) is 3.77. The maximum Gasteiger partial charge on any atom is 0.292 e. The number of benzene rings is 1. The zero-order chi connectivity index (χ0) is 14.9. The van der Waals surface area contributed by atoms with Gasteiger partial charge >= 0.3 is 0 Å². The number of ether oxygens (including phenoxy) is 1. The number of hydrogen-bond donors (Lipinski definition) is 2. The zero-order valence-corrected chi connectivity index (χ0v) is 11.4. The smallest absolute Gasteiger partial charge is 0.292 e. The Morgan fingerprint density at radius 1 is 1.60 bits per heavy atom. The quantitative estimate of drug-likeness (QED) is 0.495. The summed E-state index contributed by atoms with van der Waals surface area (Å²) in [6.45, 7) is 4.41. The summed E-state index contributed by atoms with van der Waals surface area (Å²) in [7, 11) is 0. The summed E-state index contributed by atoms with van der Waals surface area (Å²) < 4.78 is 5.45. The van der Waals surface area contributed by atoms with Crippen molar-refractivity contribution in [3.63, 3.8) is 0 Å². The highest BCUT2D eigenvalue weighted by molar-refractivity contribution is 5.96. The Kier molecular flexibility index (Phi) is 3.63. The minimum absolute atomic E-state index is 0.0245. The highest BCUT2D eigenvalue weighted by Crippen LogP contribution is 2.26. The van der Waals surface area contributed by atoms with Crippen LogP contribution < -0.4 is 11.1 Å². The molecule has 0 saturated carbocycles. The first-order valence-corrected chi connectivity index (χ1v) is 6.31. The highest BCUT2D eigenvalue weighted by atomic mass is 16.6. The average Bonchev–Trinajstić information content (AvgIpc) is 2.68. The van der Waals surface area contributed by atoms with Crippen LogP contribution in [0.15, 0.2) is 18.2 Å². The number of rotatable bonds is 3. The van der Waals surface area contributed by atoms with Crippen LogP contribution in [-0.2, 0) is 4.74 Å². The standard InChI is InChI=1S/C13H17N3O4/c1-8-13(2,5-6-20-8)15-12(17)9-3-4-11(16(18)19)10(14)7-9/h3-4,7-8H,5-6,14H2,1-2H3,(H,15,17). The largest absolute Gasteiger partial charge is 0.393 e. The number of carbonyl (C=O) groups excluding carboxylic acids is 1. The van der Waals surface area contributed by atoms with Gasteiger partial charge in [0.1, 0.15) is 5.69 Å². The van der Waals surface area contributed by atoms with Crippen LogP contribution >= 0.6 is 0 Å². The third-order valence-electron chi connectivity index (χ3n) is 3.77. The van der Waals surface area contributed by atoms with Crippen molar-refractivity contribution >= 4 is 17.3 Å². The van der Waals surface area contributed by atoms with Crippen LogP contribution in [0.1, 0.15) is 30.6 Å². The van der Waals surface area contributed by atoms with Crippen molar-refractivity contribution in [3.05, 3.63) is 33.9 Å². The van der Waals surface area contributed by atoms with Gasteiger partial charge in [0, 0.05) is 18.2 Å². The monoisotopic (exact) mass is 279 g/mol. The van der Waals surface area contributed by atoms with Crippen LogP contribution in [0.4, 0.5) is 11.4 Å². The van der Waals surface area contributed by atoms with Gasteiger partial charge in [-0.15, -0.1) is 0 Å². The Bertz CT molecular complexity index is 561. The summed E-state index contributed by atoms with van der Waals surface area (Å²) in [6, 6.07) is 3.95. The molecule has 3 N–H and O–H groups in total. The normalized spacial score (nSPS) is 25.4. The Labute approximate surface area is 116 Å². The van der Waals surface area contributed by atoms with Crippen molar-refractivity contribution < 1.29 is 14.5 Å². The number of nitrogens with two attached hydrogens (primary N) is 1. The fourth-order valence-corrected chi connectivity index (χ4v) is 2.19. The number of nitrogens with one attached hydrogen (secondary N) is 1. The molecule has 1 saturated heterocycles. The number of nitrogens with zero attached hydrogens (tertiary/aromatic N) is 1. The van der Waals surface area contributed by atoms with Crippen molar-refractivity contribution in [2.24, 2.45) is 0 Å². The number of nitrogen functional groups attached to an aromatic ring is 1. The fraction of sp³-hybridized carbons (Fsp3) is 0.462. The Morgan fingerprint density at radius 3 is 2.80 bits per heavy atom. The predicted molar refractivity (Wildman–Crippen MR) is 73.4 cm³/mol. The van der Waals surface area contributed by atoms with E-state index in [0.29, 0.717) is 12.2 Å².